The van der Waals surface area contributed by atoms with E-state index in [1.54, 1.807) is 0 Å². The van der Waals surface area contributed by atoms with Gasteiger partial charge in [0.05, 0.1) is 6.61 Å². The smallest absolute Gasteiger partial charge is 0.330 e. The maximum absolute atomic E-state index is 11.3. The average Bonchev–Trinajstić information content (AvgIpc) is 2.49. The number of unbranched alkanes of at least 4 members (excludes halogenated alkanes) is 7. The van der Waals surface area contributed by atoms with E-state index in [4.69, 9.17) is 4.74 Å². The number of carbonyl (C=O) groups is 1. The lowest BCUT2D eigenvalue weighted by atomic mass is 9.80. The molecular formula is C19H36O2. The second-order valence-electron chi connectivity index (χ2n) is 6.60. The third kappa shape index (κ3) is 11.5. The van der Waals surface area contributed by atoms with Crippen molar-refractivity contribution in [2.45, 2.75) is 91.4 Å². The van der Waals surface area contributed by atoms with Crippen LogP contribution < -0.4 is 0 Å². The van der Waals surface area contributed by atoms with Crippen molar-refractivity contribution in [3.05, 3.63) is 12.7 Å². The summed E-state index contributed by atoms with van der Waals surface area (Å²) in [5.74, 6) is -0.291. The molecule has 0 bridgehead atoms. The van der Waals surface area contributed by atoms with E-state index in [1.165, 1.54) is 63.9 Å². The predicted octanol–water partition coefficient (Wildman–Crippen LogP) is 6.05. The lowest BCUT2D eigenvalue weighted by Gasteiger charge is -2.29. The molecule has 0 fully saturated rings. The van der Waals surface area contributed by atoms with Gasteiger partial charge in [-0.2, -0.15) is 0 Å². The molecule has 0 aliphatic carbocycles. The topological polar surface area (TPSA) is 26.3 Å². The van der Waals surface area contributed by atoms with Crippen LogP contribution in [0.5, 0.6) is 0 Å². The van der Waals surface area contributed by atoms with Crippen molar-refractivity contribution < 1.29 is 9.53 Å². The average molecular weight is 296 g/mol. The molecular weight excluding hydrogens is 260 g/mol. The van der Waals surface area contributed by atoms with E-state index >= 15 is 0 Å². The molecule has 2 heteroatoms. The normalized spacial score (nSPS) is 13.7. The van der Waals surface area contributed by atoms with E-state index in [0.29, 0.717) is 6.61 Å². The largest absolute Gasteiger partial charge is 0.462 e. The van der Waals surface area contributed by atoms with Crippen LogP contribution in [0.2, 0.25) is 0 Å². The highest BCUT2D eigenvalue weighted by atomic mass is 16.5. The Morgan fingerprint density at radius 3 is 1.90 bits per heavy atom. The Bertz CT molecular complexity index is 273. The number of esters is 1. The maximum Gasteiger partial charge on any atom is 0.330 e. The summed E-state index contributed by atoms with van der Waals surface area (Å²) >= 11 is 0. The van der Waals surface area contributed by atoms with Crippen LogP contribution in [0.3, 0.4) is 0 Å². The molecule has 0 rings (SSSR count). The highest BCUT2D eigenvalue weighted by molar-refractivity contribution is 5.81. The fourth-order valence-corrected chi connectivity index (χ4v) is 2.71. The number of ether oxygens (including phenoxy) is 1. The first-order valence-electron chi connectivity index (χ1n) is 8.87. The molecule has 0 radical (unpaired) electrons. The van der Waals surface area contributed by atoms with E-state index in [9.17, 15) is 4.79 Å². The summed E-state index contributed by atoms with van der Waals surface area (Å²) in [5, 5.41) is 0. The number of rotatable bonds is 14. The van der Waals surface area contributed by atoms with Gasteiger partial charge in [0, 0.05) is 11.5 Å². The highest BCUT2D eigenvalue weighted by Gasteiger charge is 2.25. The van der Waals surface area contributed by atoms with Crippen molar-refractivity contribution in [2.75, 3.05) is 6.61 Å². The second kappa shape index (κ2) is 12.9. The van der Waals surface area contributed by atoms with Crippen molar-refractivity contribution in [1.82, 2.24) is 0 Å². The van der Waals surface area contributed by atoms with Gasteiger partial charge in [0.2, 0.25) is 0 Å². The molecule has 0 aliphatic rings. The minimum absolute atomic E-state index is 0.138. The van der Waals surface area contributed by atoms with Crippen molar-refractivity contribution in [3.63, 3.8) is 0 Å². The Balaban J connectivity index is 4.16. The van der Waals surface area contributed by atoms with Crippen LogP contribution in [0.15, 0.2) is 12.7 Å². The molecule has 2 nitrogen and oxygen atoms in total. The van der Waals surface area contributed by atoms with Crippen LogP contribution in [-0.2, 0) is 9.53 Å². The summed E-state index contributed by atoms with van der Waals surface area (Å²) in [4.78, 5) is 11.3. The first-order valence-corrected chi connectivity index (χ1v) is 8.87. The van der Waals surface area contributed by atoms with Gasteiger partial charge in [-0.15, -0.1) is 0 Å². The summed E-state index contributed by atoms with van der Waals surface area (Å²) < 4.78 is 5.33. The van der Waals surface area contributed by atoms with Crippen LogP contribution >= 0.6 is 0 Å². The molecule has 21 heavy (non-hydrogen) atoms. The minimum atomic E-state index is -0.291. The summed E-state index contributed by atoms with van der Waals surface area (Å²) in [7, 11) is 0. The summed E-state index contributed by atoms with van der Waals surface area (Å²) in [5.41, 5.74) is 0.138. The third-order valence-corrected chi connectivity index (χ3v) is 4.25. The van der Waals surface area contributed by atoms with Gasteiger partial charge >= 0.3 is 5.97 Å². The van der Waals surface area contributed by atoms with Crippen molar-refractivity contribution in [1.29, 1.82) is 0 Å². The van der Waals surface area contributed by atoms with Gasteiger partial charge in [0.1, 0.15) is 0 Å². The predicted molar refractivity (Wildman–Crippen MR) is 91.4 cm³/mol. The zero-order valence-corrected chi connectivity index (χ0v) is 14.6. The lowest BCUT2D eigenvalue weighted by Crippen LogP contribution is -2.25. The van der Waals surface area contributed by atoms with Gasteiger partial charge < -0.3 is 4.74 Å². The zero-order chi connectivity index (χ0) is 16.0. The summed E-state index contributed by atoms with van der Waals surface area (Å²) in [6, 6.07) is 0. The van der Waals surface area contributed by atoms with Crippen LogP contribution in [0, 0.1) is 5.41 Å². The molecule has 0 amide bonds. The standard InChI is InChI=1S/C19H36O2/c1-5-8-10-12-14-16-19(4,15-13-11-9-6-2)17-21-18(20)7-3/h7H,3,5-6,8-17H2,1-2,4H3. The van der Waals surface area contributed by atoms with Crippen LogP contribution in [0.1, 0.15) is 91.4 Å². The zero-order valence-electron chi connectivity index (χ0n) is 14.6. The molecule has 0 spiro atoms. The van der Waals surface area contributed by atoms with Crippen molar-refractivity contribution >= 4 is 5.97 Å². The summed E-state index contributed by atoms with van der Waals surface area (Å²) in [6.45, 7) is 10.8. The fraction of sp³-hybridized carbons (Fsp3) is 0.842. The number of hydrogen-bond acceptors (Lipinski definition) is 2. The monoisotopic (exact) mass is 296 g/mol. The van der Waals surface area contributed by atoms with Gasteiger partial charge in [-0.05, 0) is 12.8 Å². The Labute approximate surface area is 132 Å². The molecule has 0 saturated carbocycles. The van der Waals surface area contributed by atoms with E-state index in [1.807, 2.05) is 0 Å². The summed E-state index contributed by atoms with van der Waals surface area (Å²) in [6.07, 6.45) is 15.2. The molecule has 0 heterocycles. The molecule has 124 valence electrons. The number of hydrogen-bond donors (Lipinski definition) is 0. The van der Waals surface area contributed by atoms with Gasteiger partial charge in [0.15, 0.2) is 0 Å². The van der Waals surface area contributed by atoms with Crippen LogP contribution in [-0.4, -0.2) is 12.6 Å². The van der Waals surface area contributed by atoms with Gasteiger partial charge in [-0.1, -0.05) is 85.1 Å². The van der Waals surface area contributed by atoms with E-state index < -0.39 is 0 Å². The second-order valence-corrected chi connectivity index (χ2v) is 6.60. The van der Waals surface area contributed by atoms with E-state index in [2.05, 4.69) is 27.4 Å². The first kappa shape index (κ1) is 20.2. The third-order valence-electron chi connectivity index (χ3n) is 4.25. The molecule has 0 aromatic carbocycles. The first-order chi connectivity index (χ1) is 10.1. The fourth-order valence-electron chi connectivity index (χ4n) is 2.71. The molecule has 0 saturated heterocycles. The van der Waals surface area contributed by atoms with E-state index in [0.717, 1.165) is 12.8 Å². The Kier molecular flexibility index (Phi) is 12.4. The van der Waals surface area contributed by atoms with Crippen molar-refractivity contribution in [3.8, 4) is 0 Å². The van der Waals surface area contributed by atoms with Crippen LogP contribution in [0.25, 0.3) is 0 Å². The molecule has 1 unspecified atom stereocenters. The quantitative estimate of drug-likeness (QED) is 0.221. The highest BCUT2D eigenvalue weighted by Crippen LogP contribution is 2.32. The Morgan fingerprint density at radius 2 is 1.43 bits per heavy atom. The molecule has 0 N–H and O–H groups in total. The molecule has 0 aromatic heterocycles. The van der Waals surface area contributed by atoms with Crippen LogP contribution in [0.4, 0.5) is 0 Å². The number of carbonyl (C=O) groups excluding carboxylic acids is 1. The van der Waals surface area contributed by atoms with Crippen molar-refractivity contribution in [2.24, 2.45) is 5.41 Å². The molecule has 1 atom stereocenters. The van der Waals surface area contributed by atoms with Gasteiger partial charge in [0.25, 0.3) is 0 Å². The van der Waals surface area contributed by atoms with E-state index in [-0.39, 0.29) is 11.4 Å². The minimum Gasteiger partial charge on any atom is -0.462 e. The van der Waals surface area contributed by atoms with Gasteiger partial charge in [-0.25, -0.2) is 4.79 Å². The Morgan fingerprint density at radius 1 is 0.952 bits per heavy atom. The molecule has 0 aromatic rings. The maximum atomic E-state index is 11.3. The SMILES string of the molecule is C=CC(=O)OCC(C)(CCCCCC)CCCCCCC. The van der Waals surface area contributed by atoms with Gasteiger partial charge in [-0.3, -0.25) is 0 Å². The molecule has 0 aliphatic heterocycles. The Hall–Kier alpha value is -0.790. The lowest BCUT2D eigenvalue weighted by molar-refractivity contribution is -0.141.